The lowest BCUT2D eigenvalue weighted by molar-refractivity contribution is -0.322. The topological polar surface area (TPSA) is 197 Å². The molecule has 0 aromatic carbocycles. The van der Waals surface area contributed by atoms with Crippen molar-refractivity contribution in [2.75, 3.05) is 13.2 Å². The molecule has 28 heavy (non-hydrogen) atoms. The lowest BCUT2D eigenvalue weighted by atomic mass is 9.98. The van der Waals surface area contributed by atoms with Gasteiger partial charge in [0.05, 0.1) is 13.2 Å². The van der Waals surface area contributed by atoms with E-state index in [1.165, 1.54) is 0 Å². The van der Waals surface area contributed by atoms with Crippen molar-refractivity contribution in [1.29, 1.82) is 0 Å². The van der Waals surface area contributed by atoms with Crippen LogP contribution in [0.3, 0.4) is 0 Å². The standard InChI is InChI=1S/C13H24O11.2C2H6/c1-4(16)7(17)10(20)8(18)5(2-14)23-13-12(22)11(21)9(19)6(3-15)24-13;2*1-2/h5-15,17-22H,2-3H2,1H3;2*1-2H3/t5-,6-,7+,8-,9+,10-,11+,12-,13?;;/m1../s1. The Balaban J connectivity index is 0. The lowest BCUT2D eigenvalue weighted by Gasteiger charge is -2.41. The molecule has 11 heteroatoms. The van der Waals surface area contributed by atoms with Gasteiger partial charge in [-0.15, -0.1) is 0 Å². The molecule has 0 saturated carbocycles. The second-order valence-corrected chi connectivity index (χ2v) is 5.59. The molecule has 0 aromatic rings. The van der Waals surface area contributed by atoms with Gasteiger partial charge in [0.1, 0.15) is 48.8 Å². The van der Waals surface area contributed by atoms with Gasteiger partial charge in [0.25, 0.3) is 0 Å². The van der Waals surface area contributed by atoms with E-state index in [1.54, 1.807) is 0 Å². The van der Waals surface area contributed by atoms with Crippen LogP contribution in [-0.2, 0) is 14.3 Å². The van der Waals surface area contributed by atoms with Gasteiger partial charge in [-0.3, -0.25) is 4.79 Å². The van der Waals surface area contributed by atoms with Crippen LogP contribution >= 0.6 is 0 Å². The summed E-state index contributed by atoms with van der Waals surface area (Å²) in [5.74, 6) is -0.828. The number of Topliss-reactive ketones (excluding diaryl/α,β-unsaturated/α-hetero) is 1. The van der Waals surface area contributed by atoms with E-state index in [4.69, 9.17) is 14.6 Å². The van der Waals surface area contributed by atoms with E-state index in [1.807, 2.05) is 27.7 Å². The van der Waals surface area contributed by atoms with E-state index in [0.717, 1.165) is 6.92 Å². The van der Waals surface area contributed by atoms with Crippen LogP contribution in [0.4, 0.5) is 0 Å². The van der Waals surface area contributed by atoms with Gasteiger partial charge < -0.3 is 50.3 Å². The van der Waals surface area contributed by atoms with Gasteiger partial charge in [-0.1, -0.05) is 27.7 Å². The monoisotopic (exact) mass is 416 g/mol. The van der Waals surface area contributed by atoms with Crippen LogP contribution < -0.4 is 0 Å². The number of ketones is 1. The van der Waals surface area contributed by atoms with E-state index in [0.29, 0.717) is 0 Å². The Bertz CT molecular complexity index is 407. The van der Waals surface area contributed by atoms with Crippen molar-refractivity contribution in [3.05, 3.63) is 0 Å². The van der Waals surface area contributed by atoms with Crippen molar-refractivity contribution in [2.24, 2.45) is 0 Å². The molecule has 1 fully saturated rings. The maximum atomic E-state index is 11.0. The molecular formula is C17H36O11. The fraction of sp³-hybridized carbons (Fsp3) is 0.941. The molecule has 1 aliphatic heterocycles. The fourth-order valence-corrected chi connectivity index (χ4v) is 2.23. The van der Waals surface area contributed by atoms with Gasteiger partial charge in [-0.05, 0) is 6.92 Å². The van der Waals surface area contributed by atoms with Crippen molar-refractivity contribution in [1.82, 2.24) is 0 Å². The number of hydrogen-bond acceptors (Lipinski definition) is 11. The first kappa shape index (κ1) is 29.5. The van der Waals surface area contributed by atoms with Crippen LogP contribution in [0.5, 0.6) is 0 Å². The highest BCUT2D eigenvalue weighted by Crippen LogP contribution is 2.24. The number of rotatable bonds is 8. The highest BCUT2D eigenvalue weighted by molar-refractivity contribution is 5.80. The highest BCUT2D eigenvalue weighted by Gasteiger charge is 2.46. The molecule has 0 radical (unpaired) electrons. The Morgan fingerprint density at radius 2 is 1.43 bits per heavy atom. The minimum atomic E-state index is -1.98. The molecule has 0 bridgehead atoms. The maximum Gasteiger partial charge on any atom is 0.187 e. The first-order chi connectivity index (χ1) is 13.1. The predicted molar refractivity (Wildman–Crippen MR) is 97.1 cm³/mol. The third-order valence-corrected chi connectivity index (χ3v) is 3.81. The maximum absolute atomic E-state index is 11.0. The zero-order valence-corrected chi connectivity index (χ0v) is 16.9. The zero-order valence-electron chi connectivity index (χ0n) is 16.9. The Hall–Kier alpha value is -0.730. The molecule has 0 spiro atoms. The Morgan fingerprint density at radius 1 is 0.929 bits per heavy atom. The SMILES string of the molecule is CC.CC.CC(=O)[C@H](O)[C@@H](O)[C@H](O)[C@@H](CO)OC1O[C@H](CO)[C@H](O)[C@H](O)[C@H]1O. The normalized spacial score (nSPS) is 31.2. The van der Waals surface area contributed by atoms with Gasteiger partial charge >= 0.3 is 0 Å². The van der Waals surface area contributed by atoms with E-state index in [2.05, 4.69) is 0 Å². The lowest BCUT2D eigenvalue weighted by Crippen LogP contribution is -2.61. The predicted octanol–water partition coefficient (Wildman–Crippen LogP) is -3.11. The molecule has 0 aliphatic carbocycles. The number of carbonyl (C=O) groups excluding carboxylic acids is 1. The summed E-state index contributed by atoms with van der Waals surface area (Å²) in [5, 5.41) is 76.5. The quantitative estimate of drug-likeness (QED) is 0.199. The summed E-state index contributed by atoms with van der Waals surface area (Å²) >= 11 is 0. The highest BCUT2D eigenvalue weighted by atomic mass is 16.7. The average Bonchev–Trinajstić information content (AvgIpc) is 2.72. The summed E-state index contributed by atoms with van der Waals surface area (Å²) in [6.45, 7) is 7.38. The van der Waals surface area contributed by atoms with Gasteiger partial charge in [-0.25, -0.2) is 0 Å². The molecule has 170 valence electrons. The molecule has 1 saturated heterocycles. The van der Waals surface area contributed by atoms with Crippen molar-refractivity contribution in [2.45, 2.75) is 89.7 Å². The van der Waals surface area contributed by atoms with Crippen LogP contribution in [0, 0.1) is 0 Å². The number of carbonyl (C=O) groups is 1. The molecule has 8 N–H and O–H groups in total. The first-order valence-electron chi connectivity index (χ1n) is 9.27. The molecule has 0 amide bonds. The molecular weight excluding hydrogens is 380 g/mol. The van der Waals surface area contributed by atoms with Crippen molar-refractivity contribution >= 4 is 5.78 Å². The van der Waals surface area contributed by atoms with Gasteiger partial charge in [-0.2, -0.15) is 0 Å². The summed E-state index contributed by atoms with van der Waals surface area (Å²) in [7, 11) is 0. The second-order valence-electron chi connectivity index (χ2n) is 5.59. The zero-order chi connectivity index (χ0) is 22.6. The van der Waals surface area contributed by atoms with Crippen molar-refractivity contribution in [3.8, 4) is 0 Å². The number of ether oxygens (including phenoxy) is 2. The summed E-state index contributed by atoms with van der Waals surface area (Å²) in [5.41, 5.74) is 0. The summed E-state index contributed by atoms with van der Waals surface area (Å²) in [6, 6.07) is 0. The average molecular weight is 416 g/mol. The Morgan fingerprint density at radius 3 is 1.82 bits per heavy atom. The van der Waals surface area contributed by atoms with Gasteiger partial charge in [0, 0.05) is 0 Å². The number of aliphatic hydroxyl groups excluding tert-OH is 8. The third kappa shape index (κ3) is 7.95. The summed E-state index contributed by atoms with van der Waals surface area (Å²) in [4.78, 5) is 11.0. The molecule has 1 aliphatic rings. The first-order valence-corrected chi connectivity index (χ1v) is 9.27. The largest absolute Gasteiger partial charge is 0.394 e. The van der Waals surface area contributed by atoms with E-state index >= 15 is 0 Å². The second kappa shape index (κ2) is 15.2. The van der Waals surface area contributed by atoms with Crippen molar-refractivity contribution < 1.29 is 55.1 Å². The molecule has 9 atom stereocenters. The minimum Gasteiger partial charge on any atom is -0.394 e. The molecule has 11 nitrogen and oxygen atoms in total. The minimum absolute atomic E-state index is 0.706. The van der Waals surface area contributed by atoms with Gasteiger partial charge in [0.15, 0.2) is 12.1 Å². The van der Waals surface area contributed by atoms with Crippen LogP contribution in [0.25, 0.3) is 0 Å². The fourth-order valence-electron chi connectivity index (χ4n) is 2.23. The van der Waals surface area contributed by atoms with Gasteiger partial charge in [0.2, 0.25) is 0 Å². The molecule has 1 unspecified atom stereocenters. The molecule has 0 aromatic heterocycles. The number of aliphatic hydroxyl groups is 8. The van der Waals surface area contributed by atoms with E-state index < -0.39 is 74.1 Å². The van der Waals surface area contributed by atoms with Crippen molar-refractivity contribution in [3.63, 3.8) is 0 Å². The smallest absolute Gasteiger partial charge is 0.187 e. The number of hydrogen-bond donors (Lipinski definition) is 8. The summed E-state index contributed by atoms with van der Waals surface area (Å²) in [6.07, 6.45) is -15.5. The Kier molecular flexibility index (Phi) is 16.0. The summed E-state index contributed by atoms with van der Waals surface area (Å²) < 4.78 is 10.1. The van der Waals surface area contributed by atoms with Crippen LogP contribution in [0.1, 0.15) is 34.6 Å². The Labute approximate surface area is 164 Å². The van der Waals surface area contributed by atoms with Crippen LogP contribution in [0.15, 0.2) is 0 Å². The molecule has 1 rings (SSSR count). The van der Waals surface area contributed by atoms with Crippen LogP contribution in [0.2, 0.25) is 0 Å². The third-order valence-electron chi connectivity index (χ3n) is 3.81. The van der Waals surface area contributed by atoms with E-state index in [9.17, 15) is 40.5 Å². The molecule has 1 heterocycles. The van der Waals surface area contributed by atoms with Crippen LogP contribution in [-0.4, -0.2) is 115 Å². The van der Waals surface area contributed by atoms with E-state index in [-0.39, 0.29) is 0 Å².